The van der Waals surface area contributed by atoms with Crippen molar-refractivity contribution in [2.75, 3.05) is 20.1 Å². The molecule has 5 heteroatoms. The first-order valence-corrected chi connectivity index (χ1v) is 5.72. The largest absolute Gasteiger partial charge is 0.477 e. The van der Waals surface area contributed by atoms with Gasteiger partial charge < -0.3 is 15.0 Å². The minimum absolute atomic E-state index is 0.171. The minimum Gasteiger partial charge on any atom is -0.477 e. The van der Waals surface area contributed by atoms with Crippen molar-refractivity contribution in [2.45, 2.75) is 18.8 Å². The van der Waals surface area contributed by atoms with Crippen molar-refractivity contribution in [1.82, 2.24) is 9.88 Å². The number of carbonyl (C=O) groups is 1. The molecule has 0 aliphatic carbocycles. The minimum atomic E-state index is -1.17. The lowest BCUT2D eigenvalue weighted by Crippen LogP contribution is -2.31. The van der Waals surface area contributed by atoms with E-state index in [-0.39, 0.29) is 5.56 Å². The second kappa shape index (κ2) is 4.71. The quantitative estimate of drug-likeness (QED) is 0.799. The summed E-state index contributed by atoms with van der Waals surface area (Å²) in [5.41, 5.74) is 0.203. The van der Waals surface area contributed by atoms with Gasteiger partial charge in [-0.2, -0.15) is 0 Å². The number of nitrogens with one attached hydrogen (secondary N) is 1. The number of rotatable bonds is 2. The number of carboxylic acid groups (broad SMARTS) is 1. The molecule has 0 bridgehead atoms. The number of carboxylic acids is 1. The van der Waals surface area contributed by atoms with E-state index in [1.165, 1.54) is 6.07 Å². The number of hydrogen-bond acceptors (Lipinski definition) is 3. The molecule has 1 atom stereocenters. The summed E-state index contributed by atoms with van der Waals surface area (Å²) in [4.78, 5) is 26.9. The Bertz CT molecular complexity index is 481. The molecule has 0 saturated carbocycles. The Hall–Kier alpha value is -1.62. The highest BCUT2D eigenvalue weighted by Gasteiger charge is 2.20. The molecule has 1 aliphatic heterocycles. The topological polar surface area (TPSA) is 73.4 Å². The molecule has 1 saturated heterocycles. The van der Waals surface area contributed by atoms with Crippen molar-refractivity contribution < 1.29 is 9.90 Å². The van der Waals surface area contributed by atoms with E-state index >= 15 is 0 Å². The highest BCUT2D eigenvalue weighted by Crippen LogP contribution is 2.25. The number of likely N-dealkylation sites (tertiary alicyclic amines) is 1. The number of aromatic nitrogens is 1. The van der Waals surface area contributed by atoms with Gasteiger partial charge in [-0.05, 0) is 44.0 Å². The maximum atomic E-state index is 11.3. The molecule has 0 amide bonds. The molecule has 2 rings (SSSR count). The third-order valence-electron chi connectivity index (χ3n) is 3.25. The molecule has 1 aliphatic rings. The predicted molar refractivity (Wildman–Crippen MR) is 63.5 cm³/mol. The van der Waals surface area contributed by atoms with Gasteiger partial charge in [0.15, 0.2) is 0 Å². The zero-order chi connectivity index (χ0) is 12.4. The van der Waals surface area contributed by atoms with Gasteiger partial charge in [-0.25, -0.2) is 4.79 Å². The van der Waals surface area contributed by atoms with Crippen LogP contribution < -0.4 is 5.56 Å². The van der Waals surface area contributed by atoms with E-state index in [9.17, 15) is 9.59 Å². The van der Waals surface area contributed by atoms with Gasteiger partial charge in [0.2, 0.25) is 0 Å². The van der Waals surface area contributed by atoms with Crippen LogP contribution in [-0.2, 0) is 0 Å². The summed E-state index contributed by atoms with van der Waals surface area (Å²) >= 11 is 0. The molecule has 2 N–H and O–H groups in total. The summed E-state index contributed by atoms with van der Waals surface area (Å²) in [7, 11) is 2.05. The third-order valence-corrected chi connectivity index (χ3v) is 3.25. The van der Waals surface area contributed by atoms with Crippen LogP contribution in [0.4, 0.5) is 0 Å². The van der Waals surface area contributed by atoms with E-state index < -0.39 is 11.5 Å². The molecule has 5 nitrogen and oxygen atoms in total. The highest BCUT2D eigenvalue weighted by atomic mass is 16.4. The number of aromatic amines is 1. The summed E-state index contributed by atoms with van der Waals surface area (Å²) in [6.07, 6.45) is 3.77. The fourth-order valence-corrected chi connectivity index (χ4v) is 2.33. The fourth-order valence-electron chi connectivity index (χ4n) is 2.33. The summed E-state index contributed by atoms with van der Waals surface area (Å²) < 4.78 is 0. The first-order valence-electron chi connectivity index (χ1n) is 5.72. The van der Waals surface area contributed by atoms with Crippen LogP contribution >= 0.6 is 0 Å². The third kappa shape index (κ3) is 2.55. The van der Waals surface area contributed by atoms with Crippen LogP contribution in [0.3, 0.4) is 0 Å². The molecule has 0 spiro atoms. The first kappa shape index (κ1) is 11.9. The van der Waals surface area contributed by atoms with Gasteiger partial charge in [0.1, 0.15) is 5.56 Å². The maximum absolute atomic E-state index is 11.3. The lowest BCUT2D eigenvalue weighted by molar-refractivity contribution is 0.0694. The Morgan fingerprint density at radius 1 is 1.59 bits per heavy atom. The summed E-state index contributed by atoms with van der Waals surface area (Å²) in [5.74, 6) is -0.860. The number of likely N-dealkylation sites (N-methyl/N-ethyl adjacent to an activating group) is 1. The Morgan fingerprint density at radius 3 is 3.00 bits per heavy atom. The van der Waals surface area contributed by atoms with Crippen molar-refractivity contribution in [3.05, 3.63) is 33.7 Å². The number of piperidine rings is 1. The van der Waals surface area contributed by atoms with E-state index in [0.717, 1.165) is 31.5 Å². The zero-order valence-corrected chi connectivity index (χ0v) is 9.77. The zero-order valence-electron chi connectivity index (χ0n) is 9.77. The first-order chi connectivity index (χ1) is 8.08. The van der Waals surface area contributed by atoms with Gasteiger partial charge in [0, 0.05) is 12.7 Å². The van der Waals surface area contributed by atoms with Crippen molar-refractivity contribution in [2.24, 2.45) is 0 Å². The van der Waals surface area contributed by atoms with Crippen LogP contribution in [0.25, 0.3) is 0 Å². The van der Waals surface area contributed by atoms with Gasteiger partial charge in [0.05, 0.1) is 0 Å². The van der Waals surface area contributed by atoms with Gasteiger partial charge in [-0.3, -0.25) is 4.79 Å². The molecule has 92 valence electrons. The normalized spacial score (nSPS) is 21.4. The molecular formula is C12H16N2O3. The SMILES string of the molecule is CN1CCCC(c2c[nH]c(=O)c(C(=O)O)c2)C1. The van der Waals surface area contributed by atoms with Gasteiger partial charge in [-0.15, -0.1) is 0 Å². The lowest BCUT2D eigenvalue weighted by atomic mass is 9.91. The molecule has 2 heterocycles. The van der Waals surface area contributed by atoms with Crippen LogP contribution in [0.15, 0.2) is 17.1 Å². The van der Waals surface area contributed by atoms with Crippen molar-refractivity contribution in [3.63, 3.8) is 0 Å². The second-order valence-corrected chi connectivity index (χ2v) is 4.58. The number of H-pyrrole nitrogens is 1. The molecule has 0 aromatic carbocycles. The number of nitrogens with zero attached hydrogens (tertiary/aromatic N) is 1. The van der Waals surface area contributed by atoms with Gasteiger partial charge in [0.25, 0.3) is 5.56 Å². The van der Waals surface area contributed by atoms with Crippen molar-refractivity contribution in [3.8, 4) is 0 Å². The van der Waals surface area contributed by atoms with Crippen LogP contribution in [0, 0.1) is 0 Å². The van der Waals surface area contributed by atoms with E-state index in [1.807, 2.05) is 0 Å². The number of hydrogen-bond donors (Lipinski definition) is 2. The number of pyridine rings is 1. The Balaban J connectivity index is 2.29. The van der Waals surface area contributed by atoms with Gasteiger partial charge >= 0.3 is 5.97 Å². The summed E-state index contributed by atoms with van der Waals surface area (Å²) in [6, 6.07) is 1.50. The molecule has 1 fully saturated rings. The Kier molecular flexibility index (Phi) is 3.28. The fraction of sp³-hybridized carbons (Fsp3) is 0.500. The average Bonchev–Trinajstić information content (AvgIpc) is 2.29. The van der Waals surface area contributed by atoms with Crippen LogP contribution in [0.2, 0.25) is 0 Å². The van der Waals surface area contributed by atoms with Crippen LogP contribution in [-0.4, -0.2) is 41.1 Å². The summed E-state index contributed by atoms with van der Waals surface area (Å²) in [6.45, 7) is 1.98. The number of aromatic carboxylic acids is 1. The Labute approximate surface area is 99.1 Å². The molecule has 0 radical (unpaired) electrons. The average molecular weight is 236 g/mol. The Morgan fingerprint density at radius 2 is 2.35 bits per heavy atom. The standard InChI is InChI=1S/C12H16N2O3/c1-14-4-2-3-8(7-14)9-5-10(12(16)17)11(15)13-6-9/h5-6,8H,2-4,7H2,1H3,(H,13,15)(H,16,17). The molecule has 1 aromatic rings. The van der Waals surface area contributed by atoms with E-state index in [1.54, 1.807) is 6.20 Å². The maximum Gasteiger partial charge on any atom is 0.341 e. The highest BCUT2D eigenvalue weighted by molar-refractivity contribution is 5.87. The molecule has 17 heavy (non-hydrogen) atoms. The van der Waals surface area contributed by atoms with E-state index in [4.69, 9.17) is 5.11 Å². The van der Waals surface area contributed by atoms with E-state index in [0.29, 0.717) is 5.92 Å². The molecular weight excluding hydrogens is 220 g/mol. The monoisotopic (exact) mass is 236 g/mol. The van der Waals surface area contributed by atoms with E-state index in [2.05, 4.69) is 16.9 Å². The smallest absolute Gasteiger partial charge is 0.341 e. The summed E-state index contributed by atoms with van der Waals surface area (Å²) in [5, 5.41) is 8.91. The molecule has 1 aromatic heterocycles. The second-order valence-electron chi connectivity index (χ2n) is 4.58. The van der Waals surface area contributed by atoms with Crippen molar-refractivity contribution >= 4 is 5.97 Å². The van der Waals surface area contributed by atoms with Crippen LogP contribution in [0.1, 0.15) is 34.7 Å². The molecule has 1 unspecified atom stereocenters. The van der Waals surface area contributed by atoms with Crippen molar-refractivity contribution in [1.29, 1.82) is 0 Å². The van der Waals surface area contributed by atoms with Gasteiger partial charge in [-0.1, -0.05) is 0 Å². The lowest BCUT2D eigenvalue weighted by Gasteiger charge is -2.29. The predicted octanol–water partition coefficient (Wildman–Crippen LogP) is 0.882. The van der Waals surface area contributed by atoms with Crippen LogP contribution in [0.5, 0.6) is 0 Å².